The number of aliphatic hydroxyl groups is 4. The standard InChI is InChI=1S/C24H31F3N4O6S/c1-24(2,36)21(22(35)30-6-4-3-5-7-30)38-23-20(34)18(19(33)16(11-32)37-23)31-10-15(28-29-31)12-8-13(25)17(27)14(26)9-12/h8-10,16,18-21,23,32-34,36H,3-7,11H2,1-2H3/t16-,18+,19+,20-,21-,23+/m1/s1. The molecule has 4 rings (SSSR count). The zero-order valence-electron chi connectivity index (χ0n) is 20.9. The minimum Gasteiger partial charge on any atom is -0.394 e. The lowest BCUT2D eigenvalue weighted by atomic mass is 9.97. The van der Waals surface area contributed by atoms with Crippen molar-refractivity contribution in [2.75, 3.05) is 19.7 Å². The number of nitrogens with zero attached hydrogens (tertiary/aromatic N) is 4. The number of aliphatic hydroxyl groups excluding tert-OH is 3. The van der Waals surface area contributed by atoms with Crippen molar-refractivity contribution < 1.29 is 43.1 Å². The monoisotopic (exact) mass is 560 g/mol. The summed E-state index contributed by atoms with van der Waals surface area (Å²) in [6.45, 7) is 3.41. The zero-order valence-corrected chi connectivity index (χ0v) is 21.7. The van der Waals surface area contributed by atoms with Crippen molar-refractivity contribution in [1.29, 1.82) is 0 Å². The van der Waals surface area contributed by atoms with Crippen molar-refractivity contribution in [3.05, 3.63) is 35.8 Å². The summed E-state index contributed by atoms with van der Waals surface area (Å²) in [5, 5.41) is 49.4. The van der Waals surface area contributed by atoms with Crippen LogP contribution in [-0.2, 0) is 9.53 Å². The van der Waals surface area contributed by atoms with Gasteiger partial charge in [-0.25, -0.2) is 17.9 Å². The molecule has 2 aliphatic rings. The molecule has 1 aromatic carbocycles. The Morgan fingerprint density at radius 3 is 2.37 bits per heavy atom. The van der Waals surface area contributed by atoms with Gasteiger partial charge in [0.2, 0.25) is 5.91 Å². The number of piperidine rings is 1. The Bertz CT molecular complexity index is 1120. The number of hydrogen-bond acceptors (Lipinski definition) is 9. The SMILES string of the molecule is CC(C)(O)[C@H](S[C@@H]1O[C@H](CO)[C@H](O)[C@H](n2cc(-c3cc(F)c(F)c(F)c3)nn2)[C@H]1O)C(=O)N1CCCCC1. The number of carbonyl (C=O) groups excluding carboxylic acids is 1. The van der Waals surface area contributed by atoms with Gasteiger partial charge in [-0.3, -0.25) is 4.79 Å². The summed E-state index contributed by atoms with van der Waals surface area (Å²) >= 11 is 0.873. The van der Waals surface area contributed by atoms with Crippen LogP contribution in [0.2, 0.25) is 0 Å². The molecule has 1 amide bonds. The van der Waals surface area contributed by atoms with Crippen LogP contribution < -0.4 is 0 Å². The summed E-state index contributed by atoms with van der Waals surface area (Å²) < 4.78 is 47.6. The molecule has 0 unspecified atom stereocenters. The van der Waals surface area contributed by atoms with Crippen molar-refractivity contribution in [2.24, 2.45) is 0 Å². The molecule has 38 heavy (non-hydrogen) atoms. The second-order valence-electron chi connectivity index (χ2n) is 10.1. The minimum atomic E-state index is -1.64. The first-order valence-corrected chi connectivity index (χ1v) is 13.2. The second kappa shape index (κ2) is 11.5. The van der Waals surface area contributed by atoms with E-state index in [1.165, 1.54) is 20.0 Å². The lowest BCUT2D eigenvalue weighted by Gasteiger charge is -2.44. The average Bonchev–Trinajstić information content (AvgIpc) is 3.36. The third kappa shape index (κ3) is 5.84. The molecule has 4 N–H and O–H groups in total. The Morgan fingerprint density at radius 1 is 1.16 bits per heavy atom. The van der Waals surface area contributed by atoms with E-state index in [4.69, 9.17) is 4.74 Å². The molecular formula is C24H31F3N4O6S. The van der Waals surface area contributed by atoms with E-state index in [1.807, 2.05) is 0 Å². The number of ether oxygens (including phenoxy) is 1. The van der Waals surface area contributed by atoms with Crippen molar-refractivity contribution in [3.63, 3.8) is 0 Å². The molecule has 2 aromatic rings. The number of amides is 1. The number of rotatable bonds is 7. The van der Waals surface area contributed by atoms with Gasteiger partial charge < -0.3 is 30.1 Å². The summed E-state index contributed by atoms with van der Waals surface area (Å²) in [6.07, 6.45) is -0.291. The molecule has 2 aliphatic heterocycles. The van der Waals surface area contributed by atoms with E-state index in [2.05, 4.69) is 10.3 Å². The highest BCUT2D eigenvalue weighted by molar-refractivity contribution is 8.01. The maximum Gasteiger partial charge on any atom is 0.238 e. The summed E-state index contributed by atoms with van der Waals surface area (Å²) in [5.74, 6) is -4.80. The van der Waals surface area contributed by atoms with Crippen molar-refractivity contribution >= 4 is 17.7 Å². The molecule has 2 saturated heterocycles. The van der Waals surface area contributed by atoms with Crippen LogP contribution >= 0.6 is 11.8 Å². The highest BCUT2D eigenvalue weighted by Gasteiger charge is 2.49. The number of aromatic nitrogens is 3. The normalized spacial score (nSPS) is 27.4. The molecule has 1 aromatic heterocycles. The fourth-order valence-corrected chi connectivity index (χ4v) is 6.09. The smallest absolute Gasteiger partial charge is 0.238 e. The summed E-state index contributed by atoms with van der Waals surface area (Å²) in [7, 11) is 0. The number of hydrogen-bond donors (Lipinski definition) is 4. The van der Waals surface area contributed by atoms with Gasteiger partial charge in [-0.05, 0) is 45.2 Å². The maximum absolute atomic E-state index is 13.7. The van der Waals surface area contributed by atoms with Gasteiger partial charge >= 0.3 is 0 Å². The highest BCUT2D eigenvalue weighted by atomic mass is 32.2. The van der Waals surface area contributed by atoms with Gasteiger partial charge in [-0.15, -0.1) is 16.9 Å². The Hall–Kier alpha value is -2.23. The van der Waals surface area contributed by atoms with Gasteiger partial charge in [0.1, 0.15) is 40.7 Å². The van der Waals surface area contributed by atoms with Crippen molar-refractivity contribution in [1.82, 2.24) is 19.9 Å². The molecule has 2 fully saturated rings. The van der Waals surface area contributed by atoms with E-state index in [-0.39, 0.29) is 17.2 Å². The van der Waals surface area contributed by atoms with Gasteiger partial charge in [0.25, 0.3) is 0 Å². The predicted molar refractivity (Wildman–Crippen MR) is 130 cm³/mol. The second-order valence-corrected chi connectivity index (χ2v) is 11.3. The first kappa shape index (κ1) is 28.8. The van der Waals surface area contributed by atoms with Crippen LogP contribution in [0.25, 0.3) is 11.3 Å². The molecule has 6 atom stereocenters. The zero-order chi connectivity index (χ0) is 27.8. The molecular weight excluding hydrogens is 529 g/mol. The topological polar surface area (TPSA) is 141 Å². The third-order valence-corrected chi connectivity index (χ3v) is 8.46. The number of likely N-dealkylation sites (tertiary alicyclic amines) is 1. The summed E-state index contributed by atoms with van der Waals surface area (Å²) in [6, 6.07) is 0.222. The molecule has 3 heterocycles. The van der Waals surface area contributed by atoms with Crippen LogP contribution in [0.5, 0.6) is 0 Å². The number of benzene rings is 1. The fourth-order valence-electron chi connectivity index (χ4n) is 4.69. The highest BCUT2D eigenvalue weighted by Crippen LogP contribution is 2.40. The van der Waals surface area contributed by atoms with Gasteiger partial charge in [0.15, 0.2) is 17.5 Å². The van der Waals surface area contributed by atoms with E-state index >= 15 is 0 Å². The molecule has 0 bridgehead atoms. The fraction of sp³-hybridized carbons (Fsp3) is 0.625. The van der Waals surface area contributed by atoms with Crippen molar-refractivity contribution in [2.45, 2.75) is 73.8 Å². The molecule has 10 nitrogen and oxygen atoms in total. The number of carbonyl (C=O) groups is 1. The van der Waals surface area contributed by atoms with E-state index in [1.54, 1.807) is 4.90 Å². The summed E-state index contributed by atoms with van der Waals surface area (Å²) in [4.78, 5) is 15.0. The molecule has 0 saturated carbocycles. The van der Waals surface area contributed by atoms with Gasteiger partial charge in [-0.1, -0.05) is 5.21 Å². The molecule has 210 valence electrons. The van der Waals surface area contributed by atoms with Crippen LogP contribution in [0.4, 0.5) is 13.2 Å². The van der Waals surface area contributed by atoms with Crippen LogP contribution in [0.1, 0.15) is 39.2 Å². The Morgan fingerprint density at radius 2 is 1.79 bits per heavy atom. The first-order chi connectivity index (χ1) is 17.9. The van der Waals surface area contributed by atoms with Gasteiger partial charge in [-0.2, -0.15) is 0 Å². The molecule has 14 heteroatoms. The lowest BCUT2D eigenvalue weighted by molar-refractivity contribution is -0.179. The molecule has 0 spiro atoms. The van der Waals surface area contributed by atoms with Crippen LogP contribution in [0.15, 0.2) is 18.3 Å². The predicted octanol–water partition coefficient (Wildman–Crippen LogP) is 1.23. The molecule has 0 aliphatic carbocycles. The van der Waals surface area contributed by atoms with E-state index in [0.29, 0.717) is 13.1 Å². The Labute approximate surface area is 221 Å². The first-order valence-electron chi connectivity index (χ1n) is 12.3. The van der Waals surface area contributed by atoms with Crippen molar-refractivity contribution in [3.8, 4) is 11.3 Å². The van der Waals surface area contributed by atoms with E-state index in [9.17, 15) is 38.4 Å². The number of thioether (sulfide) groups is 1. The Balaban J connectivity index is 1.61. The van der Waals surface area contributed by atoms with Crippen LogP contribution in [-0.4, -0.2) is 101 Å². The minimum absolute atomic E-state index is 0.0620. The maximum atomic E-state index is 13.7. The average molecular weight is 561 g/mol. The quantitative estimate of drug-likeness (QED) is 0.368. The Kier molecular flexibility index (Phi) is 8.69. The van der Waals surface area contributed by atoms with Crippen LogP contribution in [0, 0.1) is 17.5 Å². The van der Waals surface area contributed by atoms with E-state index in [0.717, 1.165) is 47.8 Å². The number of halogens is 3. The van der Waals surface area contributed by atoms with Crippen LogP contribution in [0.3, 0.4) is 0 Å². The van der Waals surface area contributed by atoms with E-state index < -0.39 is 64.7 Å². The lowest BCUT2D eigenvalue weighted by Crippen LogP contribution is -2.57. The largest absolute Gasteiger partial charge is 0.394 e. The van der Waals surface area contributed by atoms with Gasteiger partial charge in [0.05, 0.1) is 18.4 Å². The third-order valence-electron chi connectivity index (χ3n) is 6.75. The molecule has 0 radical (unpaired) electrons. The summed E-state index contributed by atoms with van der Waals surface area (Å²) in [5.41, 5.74) is -2.87. The van der Waals surface area contributed by atoms with Gasteiger partial charge in [0, 0.05) is 18.7 Å².